The summed E-state index contributed by atoms with van der Waals surface area (Å²) in [6.07, 6.45) is 1.59. The number of carboxylic acid groups (broad SMARTS) is 1. The summed E-state index contributed by atoms with van der Waals surface area (Å²) >= 11 is 1.60. The van der Waals surface area contributed by atoms with Crippen molar-refractivity contribution in [3.63, 3.8) is 0 Å². The molecule has 1 N–H and O–H groups in total. The molecule has 4 heteroatoms. The smallest absolute Gasteiger partial charge is 0.303 e. The summed E-state index contributed by atoms with van der Waals surface area (Å²) in [5, 5.41) is 11.7. The molecule has 0 amide bonds. The molecule has 0 aliphatic rings. The number of aromatic nitrogens is 1. The Labute approximate surface area is 116 Å². The largest absolute Gasteiger partial charge is 0.481 e. The molecule has 0 bridgehead atoms. The van der Waals surface area contributed by atoms with Gasteiger partial charge in [-0.1, -0.05) is 17.2 Å². The predicted molar refractivity (Wildman–Crippen MR) is 77.6 cm³/mol. The van der Waals surface area contributed by atoms with Gasteiger partial charge in [0.25, 0.3) is 0 Å². The lowest BCUT2D eigenvalue weighted by Crippen LogP contribution is -1.95. The van der Waals surface area contributed by atoms with E-state index in [1.807, 2.05) is 5.38 Å². The number of nitrogens with zero attached hydrogens (tertiary/aromatic N) is 1. The molecule has 0 spiro atoms. The maximum atomic E-state index is 10.5. The van der Waals surface area contributed by atoms with Gasteiger partial charge in [-0.2, -0.15) is 0 Å². The molecule has 0 aliphatic carbocycles. The second-order valence-corrected chi connectivity index (χ2v) is 5.69. The van der Waals surface area contributed by atoms with Gasteiger partial charge in [-0.3, -0.25) is 4.79 Å². The number of hydrogen-bond acceptors (Lipinski definition) is 3. The molecule has 19 heavy (non-hydrogen) atoms. The number of rotatable bonds is 5. The van der Waals surface area contributed by atoms with Crippen LogP contribution < -0.4 is 0 Å². The average Bonchev–Trinajstić information content (AvgIpc) is 2.76. The average molecular weight is 275 g/mol. The van der Waals surface area contributed by atoms with E-state index in [0.717, 1.165) is 22.7 Å². The molecule has 0 radical (unpaired) electrons. The minimum absolute atomic E-state index is 0.207. The van der Waals surface area contributed by atoms with Crippen LogP contribution in [0, 0.1) is 13.8 Å². The van der Waals surface area contributed by atoms with E-state index in [2.05, 4.69) is 37.0 Å². The number of carbonyl (C=O) groups is 1. The summed E-state index contributed by atoms with van der Waals surface area (Å²) in [5.41, 5.74) is 4.59. The van der Waals surface area contributed by atoms with Gasteiger partial charge in [-0.25, -0.2) is 4.98 Å². The molecule has 0 fully saturated rings. The third-order valence-corrected chi connectivity index (χ3v) is 3.76. The Morgan fingerprint density at radius 3 is 2.58 bits per heavy atom. The Bertz CT molecular complexity index is 569. The first-order valence-electron chi connectivity index (χ1n) is 6.29. The number of hydrogen-bond donors (Lipinski definition) is 1. The Balaban J connectivity index is 2.09. The molecule has 2 rings (SSSR count). The van der Waals surface area contributed by atoms with Crippen LogP contribution in [0.4, 0.5) is 0 Å². The third kappa shape index (κ3) is 3.89. The molecular formula is C15H17NO2S. The van der Waals surface area contributed by atoms with Crippen LogP contribution >= 0.6 is 11.3 Å². The van der Waals surface area contributed by atoms with E-state index >= 15 is 0 Å². The monoisotopic (exact) mass is 275 g/mol. The lowest BCUT2D eigenvalue weighted by atomic mass is 10.1. The van der Waals surface area contributed by atoms with Crippen LogP contribution in [0.25, 0.3) is 11.3 Å². The number of carboxylic acids is 1. The third-order valence-electron chi connectivity index (χ3n) is 2.85. The summed E-state index contributed by atoms with van der Waals surface area (Å²) in [4.78, 5) is 15.1. The summed E-state index contributed by atoms with van der Waals surface area (Å²) < 4.78 is 0. The van der Waals surface area contributed by atoms with Gasteiger partial charge < -0.3 is 5.11 Å². The molecule has 0 unspecified atom stereocenters. The molecule has 1 aromatic carbocycles. The first-order chi connectivity index (χ1) is 9.04. The number of aryl methyl sites for hydroxylation is 3. The van der Waals surface area contributed by atoms with Crippen molar-refractivity contribution in [2.24, 2.45) is 0 Å². The van der Waals surface area contributed by atoms with Crippen molar-refractivity contribution in [3.05, 3.63) is 39.7 Å². The first kappa shape index (κ1) is 13.7. The van der Waals surface area contributed by atoms with E-state index in [1.54, 1.807) is 11.3 Å². The van der Waals surface area contributed by atoms with Crippen LogP contribution in [-0.4, -0.2) is 16.1 Å². The van der Waals surface area contributed by atoms with Gasteiger partial charge in [-0.05, 0) is 38.8 Å². The van der Waals surface area contributed by atoms with Gasteiger partial charge >= 0.3 is 5.97 Å². The summed E-state index contributed by atoms with van der Waals surface area (Å²) in [6, 6.07) is 6.40. The van der Waals surface area contributed by atoms with E-state index in [4.69, 9.17) is 5.11 Å². The second-order valence-electron chi connectivity index (χ2n) is 4.75. The van der Waals surface area contributed by atoms with Gasteiger partial charge in [0.1, 0.15) is 0 Å². The second kappa shape index (κ2) is 5.97. The lowest BCUT2D eigenvalue weighted by molar-refractivity contribution is -0.137. The van der Waals surface area contributed by atoms with Crippen LogP contribution in [-0.2, 0) is 11.2 Å². The van der Waals surface area contributed by atoms with E-state index in [1.165, 1.54) is 11.1 Å². The summed E-state index contributed by atoms with van der Waals surface area (Å²) in [6.45, 7) is 4.16. The number of benzene rings is 1. The maximum absolute atomic E-state index is 10.5. The van der Waals surface area contributed by atoms with Crippen molar-refractivity contribution in [3.8, 4) is 11.3 Å². The highest BCUT2D eigenvalue weighted by Crippen LogP contribution is 2.24. The molecule has 2 aromatic rings. The minimum Gasteiger partial charge on any atom is -0.481 e. The normalized spacial score (nSPS) is 10.6. The molecule has 1 heterocycles. The van der Waals surface area contributed by atoms with Crippen LogP contribution in [0.1, 0.15) is 29.0 Å². The highest BCUT2D eigenvalue weighted by atomic mass is 32.1. The Kier molecular flexibility index (Phi) is 4.32. The van der Waals surface area contributed by atoms with Crippen LogP contribution in [0.2, 0.25) is 0 Å². The van der Waals surface area contributed by atoms with Crippen molar-refractivity contribution >= 4 is 17.3 Å². The van der Waals surface area contributed by atoms with Gasteiger partial charge in [-0.15, -0.1) is 11.3 Å². The van der Waals surface area contributed by atoms with Crippen molar-refractivity contribution in [2.75, 3.05) is 0 Å². The van der Waals surface area contributed by atoms with E-state index < -0.39 is 5.97 Å². The fourth-order valence-corrected chi connectivity index (χ4v) is 2.92. The minimum atomic E-state index is -0.744. The van der Waals surface area contributed by atoms with Crippen molar-refractivity contribution < 1.29 is 9.90 Å². The first-order valence-corrected chi connectivity index (χ1v) is 7.17. The molecule has 0 aliphatic heterocycles. The molecular weight excluding hydrogens is 258 g/mol. The van der Waals surface area contributed by atoms with Gasteiger partial charge in [0.05, 0.1) is 10.7 Å². The highest BCUT2D eigenvalue weighted by molar-refractivity contribution is 7.09. The predicted octanol–water partition coefficient (Wildman–Crippen LogP) is 3.83. The van der Waals surface area contributed by atoms with E-state index in [0.29, 0.717) is 6.42 Å². The van der Waals surface area contributed by atoms with Crippen LogP contribution in [0.5, 0.6) is 0 Å². The molecule has 0 saturated carbocycles. The fourth-order valence-electron chi connectivity index (χ4n) is 2.07. The zero-order valence-corrected chi connectivity index (χ0v) is 12.0. The standard InChI is InChI=1S/C15H17NO2S/c1-10-6-11(2)8-12(7-10)13-9-19-14(16-13)4-3-5-15(17)18/h6-9H,3-5H2,1-2H3,(H,17,18). The summed E-state index contributed by atoms with van der Waals surface area (Å²) in [7, 11) is 0. The van der Waals surface area contributed by atoms with Gasteiger partial charge in [0.15, 0.2) is 0 Å². The van der Waals surface area contributed by atoms with Gasteiger partial charge in [0.2, 0.25) is 0 Å². The van der Waals surface area contributed by atoms with Gasteiger partial charge in [0, 0.05) is 17.4 Å². The van der Waals surface area contributed by atoms with Crippen molar-refractivity contribution in [2.45, 2.75) is 33.1 Å². The molecule has 3 nitrogen and oxygen atoms in total. The van der Waals surface area contributed by atoms with Crippen LogP contribution in [0.15, 0.2) is 23.6 Å². The maximum Gasteiger partial charge on any atom is 0.303 e. The quantitative estimate of drug-likeness (QED) is 0.902. The zero-order chi connectivity index (χ0) is 13.8. The Hall–Kier alpha value is -1.68. The van der Waals surface area contributed by atoms with Crippen molar-refractivity contribution in [1.82, 2.24) is 4.98 Å². The summed E-state index contributed by atoms with van der Waals surface area (Å²) in [5.74, 6) is -0.744. The van der Waals surface area contributed by atoms with Crippen molar-refractivity contribution in [1.29, 1.82) is 0 Å². The zero-order valence-electron chi connectivity index (χ0n) is 11.1. The SMILES string of the molecule is Cc1cc(C)cc(-c2csc(CCCC(=O)O)n2)c1. The Morgan fingerprint density at radius 2 is 1.95 bits per heavy atom. The number of thiazole rings is 1. The Morgan fingerprint density at radius 1 is 1.26 bits per heavy atom. The van der Waals surface area contributed by atoms with Crippen LogP contribution in [0.3, 0.4) is 0 Å². The molecule has 1 aromatic heterocycles. The fraction of sp³-hybridized carbons (Fsp3) is 0.333. The topological polar surface area (TPSA) is 50.2 Å². The highest BCUT2D eigenvalue weighted by Gasteiger charge is 2.06. The molecule has 0 saturated heterocycles. The van der Waals surface area contributed by atoms with E-state index in [-0.39, 0.29) is 6.42 Å². The molecule has 0 atom stereocenters. The number of aliphatic carboxylic acids is 1. The lowest BCUT2D eigenvalue weighted by Gasteiger charge is -2.01. The molecule has 100 valence electrons. The van der Waals surface area contributed by atoms with E-state index in [9.17, 15) is 4.79 Å².